The van der Waals surface area contributed by atoms with Gasteiger partial charge in [-0.1, -0.05) is 12.1 Å². The lowest BCUT2D eigenvalue weighted by atomic mass is 10.0. The second kappa shape index (κ2) is 3.52. The molecule has 1 aromatic carbocycles. The van der Waals surface area contributed by atoms with Crippen LogP contribution in [0, 0.1) is 0 Å². The number of hydrogen-bond acceptors (Lipinski definition) is 3. The highest BCUT2D eigenvalue weighted by atomic mass is 16.3. The fourth-order valence-corrected chi connectivity index (χ4v) is 1.98. The predicted molar refractivity (Wildman–Crippen MR) is 60.8 cm³/mol. The molecule has 2 heterocycles. The molecule has 2 aromatic rings. The maximum absolute atomic E-state index is 12.0. The highest BCUT2D eigenvalue weighted by molar-refractivity contribution is 6.07. The van der Waals surface area contributed by atoms with Crippen LogP contribution in [0.1, 0.15) is 21.7 Å². The molecule has 0 fully saturated rings. The number of anilines is 1. The average Bonchev–Trinajstić information content (AvgIpc) is 2.98. The maximum atomic E-state index is 12.0. The number of carbonyl (C=O) groups excluding carboxylic acids is 1. The van der Waals surface area contributed by atoms with Crippen molar-refractivity contribution in [2.75, 3.05) is 11.9 Å². The van der Waals surface area contributed by atoms with Crippen LogP contribution in [0.15, 0.2) is 41.0 Å². The molecule has 1 aliphatic heterocycles. The number of benzene rings is 1. The summed E-state index contributed by atoms with van der Waals surface area (Å²) in [7, 11) is 0. The number of carbonyl (C=O) groups is 1. The fraction of sp³-hybridized carbons (Fsp3) is 0.154. The van der Waals surface area contributed by atoms with Crippen molar-refractivity contribution in [1.82, 2.24) is 0 Å². The lowest BCUT2D eigenvalue weighted by molar-refractivity contribution is 0.101. The predicted octanol–water partition coefficient (Wildman–Crippen LogP) is 2.48. The van der Waals surface area contributed by atoms with Gasteiger partial charge in [-0.05, 0) is 30.2 Å². The largest absolute Gasteiger partial charge is 0.461 e. The van der Waals surface area contributed by atoms with E-state index >= 15 is 0 Å². The smallest absolute Gasteiger partial charge is 0.228 e. The summed E-state index contributed by atoms with van der Waals surface area (Å²) < 4.78 is 5.10. The first-order chi connectivity index (χ1) is 7.84. The van der Waals surface area contributed by atoms with Crippen molar-refractivity contribution in [3.05, 3.63) is 53.5 Å². The molecule has 3 rings (SSSR count). The first-order valence-electron chi connectivity index (χ1n) is 5.29. The molecule has 0 aliphatic carbocycles. The molecule has 16 heavy (non-hydrogen) atoms. The zero-order valence-electron chi connectivity index (χ0n) is 8.69. The monoisotopic (exact) mass is 213 g/mol. The van der Waals surface area contributed by atoms with E-state index in [-0.39, 0.29) is 5.78 Å². The van der Waals surface area contributed by atoms with Gasteiger partial charge >= 0.3 is 0 Å². The number of ketones is 1. The standard InChI is InChI=1S/C13H11NO2/c15-13(12-2-1-7-16-12)10-4-3-9-5-6-14-11(9)8-10/h1-4,7-8,14H,5-6H2. The van der Waals surface area contributed by atoms with Gasteiger partial charge < -0.3 is 9.73 Å². The lowest BCUT2D eigenvalue weighted by Gasteiger charge is -2.02. The highest BCUT2D eigenvalue weighted by Crippen LogP contribution is 2.24. The Hall–Kier alpha value is -2.03. The summed E-state index contributed by atoms with van der Waals surface area (Å²) in [5, 5.41) is 3.26. The summed E-state index contributed by atoms with van der Waals surface area (Å²) in [6.07, 6.45) is 2.55. The van der Waals surface area contributed by atoms with Crippen LogP contribution in [0.25, 0.3) is 0 Å². The number of rotatable bonds is 2. The normalized spacial score (nSPS) is 13.2. The van der Waals surface area contributed by atoms with Crippen LogP contribution < -0.4 is 5.32 Å². The third-order valence-corrected chi connectivity index (χ3v) is 2.83. The van der Waals surface area contributed by atoms with Gasteiger partial charge in [0.2, 0.25) is 5.78 Å². The van der Waals surface area contributed by atoms with Crippen molar-refractivity contribution in [1.29, 1.82) is 0 Å². The minimum Gasteiger partial charge on any atom is -0.461 e. The van der Waals surface area contributed by atoms with E-state index in [0.29, 0.717) is 11.3 Å². The van der Waals surface area contributed by atoms with Crippen LogP contribution in [-0.2, 0) is 6.42 Å². The minimum atomic E-state index is -0.0681. The number of fused-ring (bicyclic) bond motifs is 1. The van der Waals surface area contributed by atoms with Crippen LogP contribution >= 0.6 is 0 Å². The molecule has 1 aromatic heterocycles. The van der Waals surface area contributed by atoms with Crippen molar-refractivity contribution in [2.45, 2.75) is 6.42 Å². The molecular formula is C13H11NO2. The molecule has 0 amide bonds. The first kappa shape index (κ1) is 9.21. The van der Waals surface area contributed by atoms with Crippen molar-refractivity contribution in [3.63, 3.8) is 0 Å². The third-order valence-electron chi connectivity index (χ3n) is 2.83. The van der Waals surface area contributed by atoms with Crippen LogP contribution in [0.3, 0.4) is 0 Å². The van der Waals surface area contributed by atoms with E-state index in [1.165, 1.54) is 11.8 Å². The van der Waals surface area contributed by atoms with Crippen LogP contribution in [0.5, 0.6) is 0 Å². The molecule has 3 heteroatoms. The van der Waals surface area contributed by atoms with Gasteiger partial charge in [0.1, 0.15) is 0 Å². The number of nitrogens with one attached hydrogen (secondary N) is 1. The highest BCUT2D eigenvalue weighted by Gasteiger charge is 2.15. The van der Waals surface area contributed by atoms with E-state index in [2.05, 4.69) is 5.32 Å². The second-order valence-electron chi connectivity index (χ2n) is 3.86. The van der Waals surface area contributed by atoms with Gasteiger partial charge in [0.05, 0.1) is 6.26 Å². The summed E-state index contributed by atoms with van der Waals surface area (Å²) in [6.45, 7) is 0.952. The molecule has 1 N–H and O–H groups in total. The van der Waals surface area contributed by atoms with Gasteiger partial charge in [-0.2, -0.15) is 0 Å². The lowest BCUT2D eigenvalue weighted by Crippen LogP contribution is -2.00. The summed E-state index contributed by atoms with van der Waals surface area (Å²) in [6, 6.07) is 9.16. The quantitative estimate of drug-likeness (QED) is 0.779. The summed E-state index contributed by atoms with van der Waals surface area (Å²) in [5.74, 6) is 0.319. The molecule has 80 valence electrons. The van der Waals surface area contributed by atoms with Crippen molar-refractivity contribution in [3.8, 4) is 0 Å². The number of hydrogen-bond donors (Lipinski definition) is 1. The van der Waals surface area contributed by atoms with E-state index in [1.807, 2.05) is 18.2 Å². The van der Waals surface area contributed by atoms with E-state index in [0.717, 1.165) is 18.7 Å². The molecule has 0 spiro atoms. The topological polar surface area (TPSA) is 42.2 Å². The van der Waals surface area contributed by atoms with E-state index < -0.39 is 0 Å². The Bertz CT molecular complexity index is 529. The Morgan fingerprint density at radius 1 is 1.31 bits per heavy atom. The zero-order valence-corrected chi connectivity index (χ0v) is 8.69. The Morgan fingerprint density at radius 2 is 2.25 bits per heavy atom. The molecule has 0 unspecified atom stereocenters. The van der Waals surface area contributed by atoms with E-state index in [9.17, 15) is 4.79 Å². The van der Waals surface area contributed by atoms with Crippen molar-refractivity contribution >= 4 is 11.5 Å². The number of furan rings is 1. The van der Waals surface area contributed by atoms with E-state index in [4.69, 9.17) is 4.42 Å². The van der Waals surface area contributed by atoms with Crippen molar-refractivity contribution < 1.29 is 9.21 Å². The van der Waals surface area contributed by atoms with E-state index in [1.54, 1.807) is 12.1 Å². The van der Waals surface area contributed by atoms with Crippen molar-refractivity contribution in [2.24, 2.45) is 0 Å². The Kier molecular flexibility index (Phi) is 2.03. The summed E-state index contributed by atoms with van der Waals surface area (Å²) in [5.41, 5.74) is 3.01. The molecular weight excluding hydrogens is 202 g/mol. The molecule has 1 aliphatic rings. The second-order valence-corrected chi connectivity index (χ2v) is 3.86. The molecule has 0 saturated carbocycles. The zero-order chi connectivity index (χ0) is 11.0. The molecule has 0 bridgehead atoms. The third kappa shape index (κ3) is 1.41. The van der Waals surface area contributed by atoms with Crippen LogP contribution in [0.2, 0.25) is 0 Å². The first-order valence-corrected chi connectivity index (χ1v) is 5.29. The Morgan fingerprint density at radius 3 is 3.06 bits per heavy atom. The SMILES string of the molecule is O=C(c1ccc2c(c1)NCC2)c1ccco1. The fourth-order valence-electron chi connectivity index (χ4n) is 1.98. The van der Waals surface area contributed by atoms with Gasteiger partial charge in [-0.3, -0.25) is 4.79 Å². The summed E-state index contributed by atoms with van der Waals surface area (Å²) in [4.78, 5) is 12.0. The minimum absolute atomic E-state index is 0.0681. The molecule has 0 radical (unpaired) electrons. The van der Waals surface area contributed by atoms with Crippen LogP contribution in [-0.4, -0.2) is 12.3 Å². The van der Waals surface area contributed by atoms with Gasteiger partial charge in [0.15, 0.2) is 5.76 Å². The maximum Gasteiger partial charge on any atom is 0.228 e. The summed E-state index contributed by atoms with van der Waals surface area (Å²) >= 11 is 0. The average molecular weight is 213 g/mol. The molecule has 0 atom stereocenters. The van der Waals surface area contributed by atoms with Gasteiger partial charge in [0.25, 0.3) is 0 Å². The van der Waals surface area contributed by atoms with Gasteiger partial charge in [0, 0.05) is 17.8 Å². The molecule has 3 nitrogen and oxygen atoms in total. The van der Waals surface area contributed by atoms with Gasteiger partial charge in [-0.25, -0.2) is 0 Å². The Labute approximate surface area is 93.1 Å². The molecule has 0 saturated heterocycles. The van der Waals surface area contributed by atoms with Gasteiger partial charge in [-0.15, -0.1) is 0 Å². The van der Waals surface area contributed by atoms with Crippen LogP contribution in [0.4, 0.5) is 5.69 Å². The Balaban J connectivity index is 1.99.